The van der Waals surface area contributed by atoms with Crippen LogP contribution < -0.4 is 4.90 Å². The first-order valence-corrected chi connectivity index (χ1v) is 5.50. The Morgan fingerprint density at radius 3 is 2.88 bits per heavy atom. The zero-order chi connectivity index (χ0) is 12.3. The molecule has 0 saturated heterocycles. The van der Waals surface area contributed by atoms with Crippen molar-refractivity contribution in [2.45, 2.75) is 20.1 Å². The Kier molecular flexibility index (Phi) is 3.44. The van der Waals surface area contributed by atoms with Crippen molar-refractivity contribution in [2.24, 2.45) is 0 Å². The Bertz CT molecular complexity index is 494. The van der Waals surface area contributed by atoms with Crippen LogP contribution in [0.3, 0.4) is 0 Å². The smallest absolute Gasteiger partial charge is 0.105 e. The maximum Gasteiger partial charge on any atom is 0.105 e. The molecule has 0 fully saturated rings. The number of hydrogen-bond donors (Lipinski definition) is 1. The quantitative estimate of drug-likeness (QED) is 0.877. The summed E-state index contributed by atoms with van der Waals surface area (Å²) in [6.07, 6.45) is 3.41. The standard InChI is InChI=1S/C13H16N2O2/c1-10-11(4-6-17-10)8-15(2)13-3-5-14-12(7-13)9-16/h3-7,16H,8-9H2,1-2H3. The van der Waals surface area contributed by atoms with Crippen LogP contribution in [0.1, 0.15) is 17.0 Å². The highest BCUT2D eigenvalue weighted by Crippen LogP contribution is 2.18. The highest BCUT2D eigenvalue weighted by Gasteiger charge is 2.07. The highest BCUT2D eigenvalue weighted by atomic mass is 16.3. The molecule has 2 aromatic rings. The Hall–Kier alpha value is -1.81. The molecule has 0 radical (unpaired) electrons. The number of aromatic nitrogens is 1. The van der Waals surface area contributed by atoms with E-state index in [0.29, 0.717) is 5.69 Å². The number of nitrogens with zero attached hydrogens (tertiary/aromatic N) is 2. The molecule has 0 atom stereocenters. The van der Waals surface area contributed by atoms with E-state index < -0.39 is 0 Å². The van der Waals surface area contributed by atoms with Crippen molar-refractivity contribution < 1.29 is 9.52 Å². The molecule has 0 aliphatic rings. The molecule has 0 bridgehead atoms. The third-order valence-corrected chi connectivity index (χ3v) is 2.78. The number of pyridine rings is 1. The van der Waals surface area contributed by atoms with Crippen molar-refractivity contribution in [3.8, 4) is 0 Å². The number of aryl methyl sites for hydroxylation is 1. The molecule has 0 saturated carbocycles. The van der Waals surface area contributed by atoms with Gasteiger partial charge in [0.05, 0.1) is 18.6 Å². The minimum Gasteiger partial charge on any atom is -0.469 e. The monoisotopic (exact) mass is 232 g/mol. The van der Waals surface area contributed by atoms with Gasteiger partial charge in [-0.1, -0.05) is 0 Å². The van der Waals surface area contributed by atoms with Crippen LogP contribution in [0, 0.1) is 6.92 Å². The molecule has 4 nitrogen and oxygen atoms in total. The second-order valence-corrected chi connectivity index (χ2v) is 4.02. The van der Waals surface area contributed by atoms with E-state index in [1.807, 2.05) is 32.2 Å². The van der Waals surface area contributed by atoms with Crippen molar-refractivity contribution in [1.82, 2.24) is 4.98 Å². The van der Waals surface area contributed by atoms with Crippen molar-refractivity contribution >= 4 is 5.69 Å². The summed E-state index contributed by atoms with van der Waals surface area (Å²) in [6, 6.07) is 5.78. The summed E-state index contributed by atoms with van der Waals surface area (Å²) in [5, 5.41) is 9.05. The van der Waals surface area contributed by atoms with E-state index in [0.717, 1.165) is 23.6 Å². The van der Waals surface area contributed by atoms with Gasteiger partial charge in [-0.2, -0.15) is 0 Å². The van der Waals surface area contributed by atoms with Gasteiger partial charge < -0.3 is 14.4 Å². The topological polar surface area (TPSA) is 49.5 Å². The SMILES string of the molecule is Cc1occc1CN(C)c1ccnc(CO)c1. The fourth-order valence-electron chi connectivity index (χ4n) is 1.71. The van der Waals surface area contributed by atoms with Crippen LogP contribution in [-0.4, -0.2) is 17.1 Å². The fraction of sp³-hybridized carbons (Fsp3) is 0.308. The Morgan fingerprint density at radius 1 is 1.41 bits per heavy atom. The average molecular weight is 232 g/mol. The second-order valence-electron chi connectivity index (χ2n) is 4.02. The van der Waals surface area contributed by atoms with Gasteiger partial charge in [0.1, 0.15) is 5.76 Å². The molecular formula is C13H16N2O2. The summed E-state index contributed by atoms with van der Waals surface area (Å²) < 4.78 is 5.27. The maximum absolute atomic E-state index is 9.05. The molecule has 2 rings (SSSR count). The zero-order valence-corrected chi connectivity index (χ0v) is 10.1. The van der Waals surface area contributed by atoms with E-state index in [2.05, 4.69) is 9.88 Å². The summed E-state index contributed by atoms with van der Waals surface area (Å²) >= 11 is 0. The second kappa shape index (κ2) is 5.01. The van der Waals surface area contributed by atoms with Crippen LogP contribution in [0.5, 0.6) is 0 Å². The first-order valence-electron chi connectivity index (χ1n) is 5.50. The van der Waals surface area contributed by atoms with Gasteiger partial charge >= 0.3 is 0 Å². The largest absolute Gasteiger partial charge is 0.469 e. The summed E-state index contributed by atoms with van der Waals surface area (Å²) in [5.74, 6) is 0.938. The molecule has 2 heterocycles. The molecule has 0 unspecified atom stereocenters. The van der Waals surface area contributed by atoms with Crippen molar-refractivity contribution in [2.75, 3.05) is 11.9 Å². The fourth-order valence-corrected chi connectivity index (χ4v) is 1.71. The predicted octanol–water partition coefficient (Wildman–Crippen LogP) is 2.11. The summed E-state index contributed by atoms with van der Waals surface area (Å²) in [7, 11) is 2.00. The van der Waals surface area contributed by atoms with E-state index in [1.54, 1.807) is 12.5 Å². The van der Waals surface area contributed by atoms with Crippen LogP contribution in [0.25, 0.3) is 0 Å². The van der Waals surface area contributed by atoms with Crippen LogP contribution in [0.15, 0.2) is 35.1 Å². The predicted molar refractivity (Wildman–Crippen MR) is 65.7 cm³/mol. The molecule has 0 aliphatic heterocycles. The average Bonchev–Trinajstić information content (AvgIpc) is 2.75. The van der Waals surface area contributed by atoms with Gasteiger partial charge in [-0.15, -0.1) is 0 Å². The molecule has 17 heavy (non-hydrogen) atoms. The van der Waals surface area contributed by atoms with Gasteiger partial charge in [0.2, 0.25) is 0 Å². The Balaban J connectivity index is 2.14. The number of rotatable bonds is 4. The lowest BCUT2D eigenvalue weighted by molar-refractivity contribution is 0.277. The molecule has 0 spiro atoms. The molecule has 90 valence electrons. The number of anilines is 1. The van der Waals surface area contributed by atoms with E-state index in [-0.39, 0.29) is 6.61 Å². The van der Waals surface area contributed by atoms with Gasteiger partial charge in [0.15, 0.2) is 0 Å². The van der Waals surface area contributed by atoms with Gasteiger partial charge in [-0.25, -0.2) is 0 Å². The third-order valence-electron chi connectivity index (χ3n) is 2.78. The first kappa shape index (κ1) is 11.7. The maximum atomic E-state index is 9.05. The lowest BCUT2D eigenvalue weighted by Gasteiger charge is -2.19. The molecule has 1 N–H and O–H groups in total. The lowest BCUT2D eigenvalue weighted by Crippen LogP contribution is -2.16. The lowest BCUT2D eigenvalue weighted by atomic mass is 10.2. The highest BCUT2D eigenvalue weighted by molar-refractivity contribution is 5.46. The Labute approximate surface area is 101 Å². The first-order chi connectivity index (χ1) is 8.20. The number of aliphatic hydroxyl groups is 1. The van der Waals surface area contributed by atoms with E-state index in [4.69, 9.17) is 9.52 Å². The van der Waals surface area contributed by atoms with Crippen molar-refractivity contribution in [1.29, 1.82) is 0 Å². The molecule has 4 heteroatoms. The van der Waals surface area contributed by atoms with Gasteiger partial charge in [-0.3, -0.25) is 4.98 Å². The van der Waals surface area contributed by atoms with E-state index >= 15 is 0 Å². The summed E-state index contributed by atoms with van der Waals surface area (Å²) in [5.41, 5.74) is 2.87. The normalized spacial score (nSPS) is 10.5. The van der Waals surface area contributed by atoms with Crippen LogP contribution in [-0.2, 0) is 13.2 Å². The van der Waals surface area contributed by atoms with Crippen LogP contribution in [0.2, 0.25) is 0 Å². The number of aliphatic hydroxyl groups excluding tert-OH is 1. The minimum absolute atomic E-state index is 0.0353. The van der Waals surface area contributed by atoms with Crippen molar-refractivity contribution in [3.05, 3.63) is 47.7 Å². The molecule has 0 amide bonds. The molecule has 0 aliphatic carbocycles. The Morgan fingerprint density at radius 2 is 2.24 bits per heavy atom. The summed E-state index contributed by atoms with van der Waals surface area (Å²) in [6.45, 7) is 2.69. The van der Waals surface area contributed by atoms with Crippen molar-refractivity contribution in [3.63, 3.8) is 0 Å². The molecule has 2 aromatic heterocycles. The third kappa shape index (κ3) is 2.65. The van der Waals surface area contributed by atoms with Crippen LogP contribution >= 0.6 is 0 Å². The van der Waals surface area contributed by atoms with E-state index in [9.17, 15) is 0 Å². The van der Waals surface area contributed by atoms with E-state index in [1.165, 1.54) is 0 Å². The molecular weight excluding hydrogens is 216 g/mol. The zero-order valence-electron chi connectivity index (χ0n) is 10.1. The minimum atomic E-state index is -0.0353. The van der Waals surface area contributed by atoms with Crippen LogP contribution in [0.4, 0.5) is 5.69 Å². The number of furan rings is 1. The summed E-state index contributed by atoms with van der Waals surface area (Å²) in [4.78, 5) is 6.16. The van der Waals surface area contributed by atoms with Gasteiger partial charge in [-0.05, 0) is 25.1 Å². The molecule has 0 aromatic carbocycles. The van der Waals surface area contributed by atoms with Gasteiger partial charge in [0, 0.05) is 31.0 Å². The van der Waals surface area contributed by atoms with Gasteiger partial charge in [0.25, 0.3) is 0 Å². The number of hydrogen-bond acceptors (Lipinski definition) is 4.